The minimum absolute atomic E-state index is 0.439. The molecule has 0 saturated carbocycles. The molecule has 3 nitrogen and oxygen atoms in total. The minimum atomic E-state index is 0.439. The summed E-state index contributed by atoms with van der Waals surface area (Å²) in [6, 6.07) is 0. The molecule has 14 heavy (non-hydrogen) atoms. The Morgan fingerprint density at radius 3 is 1.79 bits per heavy atom. The number of aryl methyl sites for hydroxylation is 2. The Morgan fingerprint density at radius 2 is 1.43 bits per heavy atom. The molecule has 0 amide bonds. The van der Waals surface area contributed by atoms with Gasteiger partial charge in [0, 0.05) is 18.8 Å². The molecule has 1 rings (SSSR count). The summed E-state index contributed by atoms with van der Waals surface area (Å²) in [6.45, 7) is 8.48. The number of rotatable bonds is 4. The van der Waals surface area contributed by atoms with E-state index in [0.29, 0.717) is 5.92 Å². The highest BCUT2D eigenvalue weighted by Gasteiger charge is 2.09. The Kier molecular flexibility index (Phi) is 3.98. The first-order valence-electron chi connectivity index (χ1n) is 5.44. The van der Waals surface area contributed by atoms with Crippen molar-refractivity contribution in [3.05, 3.63) is 17.5 Å². The first-order valence-corrected chi connectivity index (χ1v) is 5.44. The molecule has 1 heterocycles. The van der Waals surface area contributed by atoms with Gasteiger partial charge in [0.25, 0.3) is 0 Å². The molecule has 0 saturated heterocycles. The topological polar surface area (TPSA) is 38.7 Å². The summed E-state index contributed by atoms with van der Waals surface area (Å²) in [5, 5.41) is 0. The van der Waals surface area contributed by atoms with E-state index in [1.54, 1.807) is 0 Å². The summed E-state index contributed by atoms with van der Waals surface area (Å²) in [5.74, 6) is 3.24. The first-order chi connectivity index (χ1) is 6.71. The zero-order chi connectivity index (χ0) is 10.6. The van der Waals surface area contributed by atoms with Crippen molar-refractivity contribution >= 4 is 0 Å². The fourth-order valence-electron chi connectivity index (χ4n) is 1.21. The number of hydrogen-bond donors (Lipinski definition) is 0. The molecule has 3 heteroatoms. The van der Waals surface area contributed by atoms with E-state index in [-0.39, 0.29) is 0 Å². The van der Waals surface area contributed by atoms with Gasteiger partial charge >= 0.3 is 0 Å². The van der Waals surface area contributed by atoms with Crippen molar-refractivity contribution in [1.82, 2.24) is 15.0 Å². The Hall–Kier alpha value is -0.990. The molecule has 1 atom stereocenters. The second kappa shape index (κ2) is 5.03. The van der Waals surface area contributed by atoms with Crippen LogP contribution in [0.3, 0.4) is 0 Å². The highest BCUT2D eigenvalue weighted by Crippen LogP contribution is 2.14. The summed E-state index contributed by atoms with van der Waals surface area (Å²) in [7, 11) is 0. The Labute approximate surface area is 86.0 Å². The molecular formula is C11H19N3. The van der Waals surface area contributed by atoms with Gasteiger partial charge in [0.1, 0.15) is 17.5 Å². The standard InChI is InChI=1S/C11H19N3/c1-5-8(4)11-13-9(6-2)12-10(7-3)14-11/h8H,5-7H2,1-4H3. The highest BCUT2D eigenvalue weighted by molar-refractivity contribution is 5.01. The van der Waals surface area contributed by atoms with Crippen LogP contribution in [0.4, 0.5) is 0 Å². The van der Waals surface area contributed by atoms with Crippen molar-refractivity contribution in [2.45, 2.75) is 52.9 Å². The van der Waals surface area contributed by atoms with E-state index in [4.69, 9.17) is 0 Å². The van der Waals surface area contributed by atoms with Crippen LogP contribution in [0, 0.1) is 0 Å². The largest absolute Gasteiger partial charge is 0.218 e. The summed E-state index contributed by atoms with van der Waals surface area (Å²) in [4.78, 5) is 13.3. The minimum Gasteiger partial charge on any atom is -0.218 e. The molecule has 1 aromatic rings. The van der Waals surface area contributed by atoms with Crippen molar-refractivity contribution < 1.29 is 0 Å². The second-order valence-corrected chi connectivity index (χ2v) is 3.54. The van der Waals surface area contributed by atoms with Crippen LogP contribution in [0.15, 0.2) is 0 Å². The van der Waals surface area contributed by atoms with Crippen LogP contribution in [0.2, 0.25) is 0 Å². The third kappa shape index (κ3) is 2.50. The maximum Gasteiger partial charge on any atom is 0.135 e. The molecule has 1 unspecified atom stereocenters. The molecule has 0 fully saturated rings. The van der Waals surface area contributed by atoms with E-state index in [1.807, 2.05) is 0 Å². The Morgan fingerprint density at radius 1 is 0.929 bits per heavy atom. The van der Waals surface area contributed by atoms with Crippen LogP contribution in [-0.4, -0.2) is 15.0 Å². The highest BCUT2D eigenvalue weighted by atomic mass is 15.0. The maximum atomic E-state index is 4.45. The Balaban J connectivity index is 3.04. The van der Waals surface area contributed by atoms with Crippen molar-refractivity contribution in [3.63, 3.8) is 0 Å². The van der Waals surface area contributed by atoms with Crippen molar-refractivity contribution in [2.75, 3.05) is 0 Å². The van der Waals surface area contributed by atoms with Gasteiger partial charge in [-0.25, -0.2) is 15.0 Å². The van der Waals surface area contributed by atoms with Gasteiger partial charge in [-0.05, 0) is 6.42 Å². The van der Waals surface area contributed by atoms with E-state index in [1.165, 1.54) is 0 Å². The van der Waals surface area contributed by atoms with Gasteiger partial charge in [-0.15, -0.1) is 0 Å². The van der Waals surface area contributed by atoms with E-state index < -0.39 is 0 Å². The van der Waals surface area contributed by atoms with Crippen LogP contribution in [0.25, 0.3) is 0 Å². The van der Waals surface area contributed by atoms with Gasteiger partial charge in [0.05, 0.1) is 0 Å². The lowest BCUT2D eigenvalue weighted by atomic mass is 10.1. The lowest BCUT2D eigenvalue weighted by Gasteiger charge is -2.09. The molecule has 0 N–H and O–H groups in total. The van der Waals surface area contributed by atoms with Crippen LogP contribution >= 0.6 is 0 Å². The molecule has 0 aromatic carbocycles. The summed E-state index contributed by atoms with van der Waals surface area (Å²) >= 11 is 0. The monoisotopic (exact) mass is 193 g/mol. The molecule has 0 aliphatic rings. The fraction of sp³-hybridized carbons (Fsp3) is 0.727. The molecule has 0 radical (unpaired) electrons. The van der Waals surface area contributed by atoms with E-state index in [0.717, 1.165) is 36.7 Å². The average molecular weight is 193 g/mol. The fourth-order valence-corrected chi connectivity index (χ4v) is 1.21. The van der Waals surface area contributed by atoms with Gasteiger partial charge < -0.3 is 0 Å². The molecule has 0 aliphatic heterocycles. The normalized spacial score (nSPS) is 12.9. The summed E-state index contributed by atoms with van der Waals surface area (Å²) < 4.78 is 0. The van der Waals surface area contributed by atoms with Crippen LogP contribution in [0.1, 0.15) is 57.5 Å². The Bertz CT molecular complexity index is 274. The SMILES string of the molecule is CCc1nc(CC)nc(C(C)CC)n1. The zero-order valence-electron chi connectivity index (χ0n) is 9.54. The van der Waals surface area contributed by atoms with Gasteiger partial charge in [0.15, 0.2) is 0 Å². The van der Waals surface area contributed by atoms with Gasteiger partial charge in [0.2, 0.25) is 0 Å². The van der Waals surface area contributed by atoms with Gasteiger partial charge in [-0.1, -0.05) is 27.7 Å². The van der Waals surface area contributed by atoms with Crippen molar-refractivity contribution in [2.24, 2.45) is 0 Å². The molecule has 0 bridgehead atoms. The predicted molar refractivity (Wildman–Crippen MR) is 57.3 cm³/mol. The van der Waals surface area contributed by atoms with Crippen LogP contribution in [-0.2, 0) is 12.8 Å². The average Bonchev–Trinajstić information content (AvgIpc) is 2.27. The number of nitrogens with zero attached hydrogens (tertiary/aromatic N) is 3. The van der Waals surface area contributed by atoms with Gasteiger partial charge in [-0.2, -0.15) is 0 Å². The smallest absolute Gasteiger partial charge is 0.135 e. The van der Waals surface area contributed by atoms with Crippen molar-refractivity contribution in [3.8, 4) is 0 Å². The van der Waals surface area contributed by atoms with E-state index in [2.05, 4.69) is 42.6 Å². The molecule has 0 spiro atoms. The molecule has 1 aromatic heterocycles. The third-order valence-electron chi connectivity index (χ3n) is 2.43. The molecule has 78 valence electrons. The lowest BCUT2D eigenvalue weighted by Crippen LogP contribution is -2.08. The first kappa shape index (κ1) is 11.1. The van der Waals surface area contributed by atoms with Crippen LogP contribution in [0.5, 0.6) is 0 Å². The van der Waals surface area contributed by atoms with Crippen LogP contribution < -0.4 is 0 Å². The summed E-state index contributed by atoms with van der Waals surface area (Å²) in [6.07, 6.45) is 2.86. The van der Waals surface area contributed by atoms with E-state index in [9.17, 15) is 0 Å². The number of aromatic nitrogens is 3. The third-order valence-corrected chi connectivity index (χ3v) is 2.43. The maximum absolute atomic E-state index is 4.45. The van der Waals surface area contributed by atoms with Gasteiger partial charge in [-0.3, -0.25) is 0 Å². The predicted octanol–water partition coefficient (Wildman–Crippen LogP) is 2.51. The molecular weight excluding hydrogens is 174 g/mol. The quantitative estimate of drug-likeness (QED) is 0.737. The van der Waals surface area contributed by atoms with E-state index >= 15 is 0 Å². The molecule has 0 aliphatic carbocycles. The summed E-state index contributed by atoms with van der Waals surface area (Å²) in [5.41, 5.74) is 0. The van der Waals surface area contributed by atoms with Crippen molar-refractivity contribution in [1.29, 1.82) is 0 Å². The number of hydrogen-bond acceptors (Lipinski definition) is 3. The lowest BCUT2D eigenvalue weighted by molar-refractivity contribution is 0.646. The zero-order valence-corrected chi connectivity index (χ0v) is 9.54. The second-order valence-electron chi connectivity index (χ2n) is 3.54.